The summed E-state index contributed by atoms with van der Waals surface area (Å²) < 4.78 is 22.0. The molecule has 0 N–H and O–H groups in total. The Morgan fingerprint density at radius 2 is 2.14 bits per heavy atom. The molecular formula is C4H3F2O. The van der Waals surface area contributed by atoms with Crippen LogP contribution in [-0.2, 0) is 5.11 Å². The van der Waals surface area contributed by atoms with Gasteiger partial charge in [0.2, 0.25) is 0 Å². The minimum absolute atomic E-state index is 1.02. The third-order valence-electron chi connectivity index (χ3n) is 0.308. The smallest absolute Gasteiger partial charge is 0.172 e. The monoisotopic (exact) mass is 105 g/mol. The van der Waals surface area contributed by atoms with E-state index in [0.717, 1.165) is 0 Å². The van der Waals surface area contributed by atoms with Crippen LogP contribution >= 0.6 is 0 Å². The Morgan fingerprint density at radius 3 is 2.14 bits per heavy atom. The van der Waals surface area contributed by atoms with Crippen molar-refractivity contribution in [1.29, 1.82) is 0 Å². The molecule has 0 unspecified atom stereocenters. The van der Waals surface area contributed by atoms with Crippen molar-refractivity contribution in [2.24, 2.45) is 0 Å². The highest BCUT2D eigenvalue weighted by molar-refractivity contribution is 4.86. The summed E-state index contributed by atoms with van der Waals surface area (Å²) in [5.74, 6) is 1.55. The number of terminal acetylenes is 1. The third kappa shape index (κ3) is 5.38. The molecule has 0 aliphatic rings. The molecule has 0 bridgehead atoms. The first-order valence-corrected chi connectivity index (χ1v) is 1.58. The minimum atomic E-state index is -3.94. The molecule has 1 nitrogen and oxygen atoms in total. The van der Waals surface area contributed by atoms with Gasteiger partial charge in [0, 0.05) is 0 Å². The number of halogens is 2. The first-order chi connectivity index (χ1) is 3.06. The fourth-order valence-electron chi connectivity index (χ4n) is 0.119. The SMILES string of the molecule is C#CCC([O])(F)F. The van der Waals surface area contributed by atoms with Crippen LogP contribution in [0.2, 0.25) is 0 Å². The maximum atomic E-state index is 11.0. The fourth-order valence-corrected chi connectivity index (χ4v) is 0.119. The molecule has 0 saturated heterocycles. The Bertz CT molecular complexity index is 86.8. The lowest BCUT2D eigenvalue weighted by molar-refractivity contribution is -0.236. The van der Waals surface area contributed by atoms with Gasteiger partial charge >= 0.3 is 6.11 Å². The summed E-state index contributed by atoms with van der Waals surface area (Å²) in [4.78, 5) is 0. The van der Waals surface area contributed by atoms with E-state index in [0.29, 0.717) is 0 Å². The topological polar surface area (TPSA) is 19.9 Å². The Labute approximate surface area is 40.0 Å². The highest BCUT2D eigenvalue weighted by atomic mass is 19.3. The van der Waals surface area contributed by atoms with Crippen LogP contribution < -0.4 is 0 Å². The van der Waals surface area contributed by atoms with Gasteiger partial charge in [-0.15, -0.1) is 6.42 Å². The highest BCUT2D eigenvalue weighted by Gasteiger charge is 2.24. The van der Waals surface area contributed by atoms with Crippen molar-refractivity contribution in [1.82, 2.24) is 0 Å². The summed E-state index contributed by atoms with van der Waals surface area (Å²) >= 11 is 0. The van der Waals surface area contributed by atoms with E-state index in [1.165, 1.54) is 0 Å². The van der Waals surface area contributed by atoms with Gasteiger partial charge in [0.1, 0.15) is 6.42 Å². The zero-order chi connectivity index (χ0) is 5.91. The van der Waals surface area contributed by atoms with E-state index in [-0.39, 0.29) is 0 Å². The molecule has 0 saturated carbocycles. The number of rotatable bonds is 1. The van der Waals surface area contributed by atoms with Crippen LogP contribution in [0.3, 0.4) is 0 Å². The van der Waals surface area contributed by atoms with Crippen molar-refractivity contribution in [2.45, 2.75) is 12.5 Å². The van der Waals surface area contributed by atoms with Crippen molar-refractivity contribution in [3.63, 3.8) is 0 Å². The molecule has 3 heteroatoms. The molecule has 0 heterocycles. The van der Waals surface area contributed by atoms with Gasteiger partial charge in [-0.3, -0.25) is 0 Å². The Morgan fingerprint density at radius 1 is 1.71 bits per heavy atom. The molecule has 7 heavy (non-hydrogen) atoms. The molecule has 0 aromatic carbocycles. The summed E-state index contributed by atoms with van der Waals surface area (Å²) in [5, 5.41) is 9.23. The lowest BCUT2D eigenvalue weighted by Gasteiger charge is -1.96. The van der Waals surface area contributed by atoms with Crippen LogP contribution in [0, 0.1) is 12.3 Å². The van der Waals surface area contributed by atoms with E-state index in [9.17, 15) is 13.9 Å². The van der Waals surface area contributed by atoms with E-state index in [2.05, 4.69) is 6.42 Å². The summed E-state index contributed by atoms with van der Waals surface area (Å²) in [6.45, 7) is 0. The predicted octanol–water partition coefficient (Wildman–Crippen LogP) is 1.03. The van der Waals surface area contributed by atoms with Crippen LogP contribution in [0.4, 0.5) is 8.78 Å². The summed E-state index contributed by atoms with van der Waals surface area (Å²) in [6.07, 6.45) is -0.572. The molecule has 0 fully saturated rings. The summed E-state index contributed by atoms with van der Waals surface area (Å²) in [6, 6.07) is 0. The second kappa shape index (κ2) is 1.90. The van der Waals surface area contributed by atoms with Crippen LogP contribution in [0.1, 0.15) is 6.42 Å². The van der Waals surface area contributed by atoms with Crippen LogP contribution in [-0.4, -0.2) is 6.11 Å². The fraction of sp³-hybridized carbons (Fsp3) is 0.500. The lowest BCUT2D eigenvalue weighted by atomic mass is 10.4. The molecule has 0 amide bonds. The van der Waals surface area contributed by atoms with Crippen LogP contribution in [0.25, 0.3) is 0 Å². The van der Waals surface area contributed by atoms with Crippen molar-refractivity contribution in [3.8, 4) is 12.3 Å². The van der Waals surface area contributed by atoms with Crippen molar-refractivity contribution in [3.05, 3.63) is 0 Å². The lowest BCUT2D eigenvalue weighted by Crippen LogP contribution is -2.09. The first-order valence-electron chi connectivity index (χ1n) is 1.58. The largest absolute Gasteiger partial charge is 0.392 e. The van der Waals surface area contributed by atoms with Gasteiger partial charge in [0.15, 0.2) is 0 Å². The predicted molar refractivity (Wildman–Crippen MR) is 19.1 cm³/mol. The summed E-state index contributed by atoms with van der Waals surface area (Å²) in [5.41, 5.74) is 0. The Kier molecular flexibility index (Phi) is 1.73. The Hall–Kier alpha value is -0.620. The molecule has 39 valence electrons. The van der Waals surface area contributed by atoms with E-state index in [4.69, 9.17) is 0 Å². The maximum absolute atomic E-state index is 11.0. The summed E-state index contributed by atoms with van der Waals surface area (Å²) in [7, 11) is 0. The van der Waals surface area contributed by atoms with Gasteiger partial charge in [-0.25, -0.2) is 0 Å². The van der Waals surface area contributed by atoms with E-state index >= 15 is 0 Å². The van der Waals surface area contributed by atoms with Gasteiger partial charge in [0.05, 0.1) is 0 Å². The Balaban J connectivity index is 3.40. The second-order valence-electron chi connectivity index (χ2n) is 1.02. The molecule has 0 aliphatic heterocycles. The van der Waals surface area contributed by atoms with Crippen molar-refractivity contribution < 1.29 is 13.9 Å². The minimum Gasteiger partial charge on any atom is -0.172 e. The third-order valence-corrected chi connectivity index (χ3v) is 0.308. The zero-order valence-corrected chi connectivity index (χ0v) is 3.45. The molecule has 0 atom stereocenters. The molecule has 0 aliphatic carbocycles. The number of hydrogen-bond donors (Lipinski definition) is 0. The van der Waals surface area contributed by atoms with Gasteiger partial charge < -0.3 is 0 Å². The van der Waals surface area contributed by atoms with Crippen LogP contribution in [0.5, 0.6) is 0 Å². The highest BCUT2D eigenvalue weighted by Crippen LogP contribution is 2.11. The van der Waals surface area contributed by atoms with Crippen LogP contribution in [0.15, 0.2) is 0 Å². The van der Waals surface area contributed by atoms with Crippen molar-refractivity contribution >= 4 is 0 Å². The maximum Gasteiger partial charge on any atom is 0.392 e. The first kappa shape index (κ1) is 6.38. The van der Waals surface area contributed by atoms with Gasteiger partial charge in [-0.1, -0.05) is 5.92 Å². The normalized spacial score (nSPS) is 10.6. The molecular weight excluding hydrogens is 102 g/mol. The van der Waals surface area contributed by atoms with E-state index < -0.39 is 12.5 Å². The molecule has 0 rings (SSSR count). The quantitative estimate of drug-likeness (QED) is 0.444. The molecule has 0 spiro atoms. The van der Waals surface area contributed by atoms with E-state index in [1.807, 2.05) is 0 Å². The average molecular weight is 105 g/mol. The van der Waals surface area contributed by atoms with Gasteiger partial charge in [-0.2, -0.15) is 13.9 Å². The van der Waals surface area contributed by atoms with Gasteiger partial charge in [-0.05, 0) is 0 Å². The molecule has 1 radical (unpaired) electrons. The van der Waals surface area contributed by atoms with Gasteiger partial charge in [0.25, 0.3) is 0 Å². The second-order valence-corrected chi connectivity index (χ2v) is 1.02. The number of hydrogen-bond acceptors (Lipinski definition) is 0. The van der Waals surface area contributed by atoms with E-state index in [1.54, 1.807) is 5.92 Å². The standard InChI is InChI=1S/C4H3F2O/c1-2-3-4(5,6)7/h1H,3H2. The van der Waals surface area contributed by atoms with Crippen molar-refractivity contribution in [2.75, 3.05) is 0 Å². The number of alkyl halides is 2. The average Bonchev–Trinajstić information content (AvgIpc) is 1.30. The molecule has 0 aromatic heterocycles. The molecule has 0 aromatic rings. The zero-order valence-electron chi connectivity index (χ0n) is 3.45.